The second-order valence-corrected chi connectivity index (χ2v) is 22.5. The van der Waals surface area contributed by atoms with Gasteiger partial charge in [0.05, 0.1) is 47.3 Å². The number of hydrogen-bond acceptors (Lipinski definition) is 14. The molecule has 4 aromatic rings. The zero-order valence-corrected chi connectivity index (χ0v) is 46.5. The van der Waals surface area contributed by atoms with Crippen molar-refractivity contribution in [1.29, 1.82) is 0 Å². The number of nitrogens with two attached hydrogens (primary N) is 1. The average molecular weight is 1060 g/mol. The Balaban J connectivity index is 0.000000276. The molecule has 0 bridgehead atoms. The summed E-state index contributed by atoms with van der Waals surface area (Å²) in [5.74, 6) is -2.83. The molecule has 0 aromatic heterocycles. The molecule has 0 saturated heterocycles. The van der Waals surface area contributed by atoms with Crippen LogP contribution in [0.15, 0.2) is 109 Å². The monoisotopic (exact) mass is 1060 g/mol. The third-order valence-corrected chi connectivity index (χ3v) is 12.7. The van der Waals surface area contributed by atoms with E-state index in [4.69, 9.17) is 15.2 Å². The molecule has 2 aliphatic heterocycles. The van der Waals surface area contributed by atoms with Gasteiger partial charge in [0.25, 0.3) is 23.6 Å². The Hall–Kier alpha value is -6.82. The van der Waals surface area contributed by atoms with Gasteiger partial charge in [-0.15, -0.1) is 0 Å². The number of hydrogen-bond donors (Lipinski definition) is 3. The number of ketones is 1. The third-order valence-electron chi connectivity index (χ3n) is 12.0. The SMILES string of the molecule is CC(C)C(CC(=O)CNC[C@H](Cc1ccccc1)N1C(=O)c2ccccc2C1=O)C(=O)OC(C)(C)C.CC(C)C(N)C(=O)OC(C)(C)C.CCSC(=O)CNC(=O)[C@H](Cc1ccccc1)N1C(=O)c2ccccc2C1=O. The number of Topliss-reactive ketones (excluding diaryl/α,β-unsaturated/α-hetero) is 1. The number of nitrogens with one attached hydrogen (secondary N) is 2. The molecule has 408 valence electrons. The van der Waals surface area contributed by atoms with E-state index in [0.29, 0.717) is 23.3 Å². The molecule has 76 heavy (non-hydrogen) atoms. The minimum Gasteiger partial charge on any atom is -0.460 e. The van der Waals surface area contributed by atoms with E-state index >= 15 is 0 Å². The summed E-state index contributed by atoms with van der Waals surface area (Å²) in [4.78, 5) is 115. The number of carbonyl (C=O) groups is 9. The molecule has 4 N–H and O–H groups in total. The molecule has 0 spiro atoms. The molecule has 17 heteroatoms. The molecular formula is C59H75N5O11S. The number of thioether (sulfide) groups is 1. The van der Waals surface area contributed by atoms with Crippen molar-refractivity contribution in [3.63, 3.8) is 0 Å². The molecule has 0 radical (unpaired) electrons. The van der Waals surface area contributed by atoms with Gasteiger partial charge in [-0.25, -0.2) is 0 Å². The smallest absolute Gasteiger partial charge is 0.323 e. The van der Waals surface area contributed by atoms with Crippen LogP contribution in [0, 0.1) is 17.8 Å². The number of imide groups is 2. The number of carbonyl (C=O) groups excluding carboxylic acids is 9. The van der Waals surface area contributed by atoms with Gasteiger partial charge in [0.1, 0.15) is 29.1 Å². The van der Waals surface area contributed by atoms with Crippen LogP contribution >= 0.6 is 11.8 Å². The number of nitrogens with zero attached hydrogens (tertiary/aromatic N) is 2. The fourth-order valence-corrected chi connectivity index (χ4v) is 8.60. The number of ether oxygens (including phenoxy) is 2. The Kier molecular flexibility index (Phi) is 23.0. The molecule has 2 aliphatic rings. The standard InChI is InChI=1S/C29H36N2O5.C21H20N2O4S.C9H19NO2/c1-19(2)25(28(35)36-29(3,4)5)16-22(32)18-30-17-21(15-20-11-7-6-8-12-20)31-26(33)23-13-9-10-14-24(23)27(31)34;1-2-28-18(24)13-22-19(25)17(12-14-8-4-3-5-9-14)23-20(26)15-10-6-7-11-16(15)21(23)27;1-6(2)7(10)8(11)12-9(3,4)5/h6-14,19,21,25,30H,15-18H2,1-5H3;3-11,17H,2,12-13H2,1H3,(H,22,25);6-7H,10H2,1-5H3/t21-,25?;17-;/m00./s1. The summed E-state index contributed by atoms with van der Waals surface area (Å²) in [6.45, 7) is 20.5. The van der Waals surface area contributed by atoms with Gasteiger partial charge < -0.3 is 25.8 Å². The van der Waals surface area contributed by atoms with Crippen LogP contribution in [0.25, 0.3) is 0 Å². The van der Waals surface area contributed by atoms with Gasteiger partial charge in [-0.05, 0) is 101 Å². The molecule has 0 saturated carbocycles. The molecule has 6 rings (SSSR count). The van der Waals surface area contributed by atoms with Crippen LogP contribution in [-0.2, 0) is 46.3 Å². The first-order chi connectivity index (χ1) is 35.7. The summed E-state index contributed by atoms with van der Waals surface area (Å²) in [7, 11) is 0. The topological polar surface area (TPSA) is 229 Å². The molecular weight excluding hydrogens is 987 g/mol. The highest BCUT2D eigenvalue weighted by Gasteiger charge is 2.43. The molecule has 4 aromatic carbocycles. The van der Waals surface area contributed by atoms with Crippen LogP contribution in [0.4, 0.5) is 0 Å². The van der Waals surface area contributed by atoms with E-state index in [1.54, 1.807) is 69.3 Å². The lowest BCUT2D eigenvalue weighted by Crippen LogP contribution is -2.51. The fraction of sp³-hybridized carbons (Fsp3) is 0.441. The summed E-state index contributed by atoms with van der Waals surface area (Å²) in [6.07, 6.45) is 0.698. The Morgan fingerprint density at radius 1 is 0.579 bits per heavy atom. The van der Waals surface area contributed by atoms with Crippen LogP contribution in [0.3, 0.4) is 0 Å². The third kappa shape index (κ3) is 18.2. The van der Waals surface area contributed by atoms with Gasteiger partial charge in [-0.2, -0.15) is 0 Å². The number of rotatable bonds is 20. The largest absolute Gasteiger partial charge is 0.460 e. The van der Waals surface area contributed by atoms with E-state index in [2.05, 4.69) is 10.6 Å². The van der Waals surface area contributed by atoms with E-state index in [1.165, 1.54) is 4.90 Å². The predicted octanol–water partition coefficient (Wildman–Crippen LogP) is 7.66. The van der Waals surface area contributed by atoms with Crippen LogP contribution in [0.5, 0.6) is 0 Å². The summed E-state index contributed by atoms with van der Waals surface area (Å²) in [5.41, 5.74) is 7.70. The molecule has 2 heterocycles. The Labute approximate surface area is 451 Å². The van der Waals surface area contributed by atoms with Crippen molar-refractivity contribution in [2.45, 2.75) is 125 Å². The maximum absolute atomic E-state index is 13.1. The Morgan fingerprint density at radius 2 is 1.00 bits per heavy atom. The summed E-state index contributed by atoms with van der Waals surface area (Å²) in [5, 5.41) is 5.54. The van der Waals surface area contributed by atoms with Gasteiger partial charge in [0.15, 0.2) is 0 Å². The summed E-state index contributed by atoms with van der Waals surface area (Å²) < 4.78 is 10.6. The van der Waals surface area contributed by atoms with Gasteiger partial charge >= 0.3 is 11.9 Å². The molecule has 16 nitrogen and oxygen atoms in total. The maximum Gasteiger partial charge on any atom is 0.323 e. The zero-order valence-electron chi connectivity index (χ0n) is 45.7. The lowest BCUT2D eigenvalue weighted by molar-refractivity contribution is -0.163. The minimum absolute atomic E-state index is 0.0283. The first kappa shape index (κ1) is 61.7. The van der Waals surface area contributed by atoms with Crippen molar-refractivity contribution < 1.29 is 52.6 Å². The van der Waals surface area contributed by atoms with Crippen molar-refractivity contribution in [2.24, 2.45) is 23.5 Å². The number of benzene rings is 4. The van der Waals surface area contributed by atoms with Crippen molar-refractivity contribution in [2.75, 3.05) is 25.4 Å². The quantitative estimate of drug-likeness (QED) is 0.0571. The second-order valence-electron chi connectivity index (χ2n) is 21.2. The fourth-order valence-electron chi connectivity index (χ4n) is 8.11. The lowest BCUT2D eigenvalue weighted by atomic mass is 9.90. The van der Waals surface area contributed by atoms with Crippen molar-refractivity contribution in [1.82, 2.24) is 20.4 Å². The number of amides is 5. The minimum atomic E-state index is -1.03. The van der Waals surface area contributed by atoms with E-state index in [0.717, 1.165) is 27.8 Å². The lowest BCUT2D eigenvalue weighted by Gasteiger charge is -2.27. The van der Waals surface area contributed by atoms with Gasteiger partial charge in [0, 0.05) is 19.4 Å². The molecule has 4 atom stereocenters. The molecule has 0 aliphatic carbocycles. The second kappa shape index (κ2) is 28.4. The maximum atomic E-state index is 13.1. The number of fused-ring (bicyclic) bond motifs is 2. The van der Waals surface area contributed by atoms with Crippen molar-refractivity contribution in [3.05, 3.63) is 143 Å². The van der Waals surface area contributed by atoms with E-state index in [1.807, 2.05) is 116 Å². The molecule has 0 fully saturated rings. The van der Waals surface area contributed by atoms with E-state index in [-0.39, 0.29) is 90.1 Å². The normalized spacial score (nSPS) is 14.6. The molecule has 5 amide bonds. The first-order valence-electron chi connectivity index (χ1n) is 25.6. The van der Waals surface area contributed by atoms with Gasteiger partial charge in [-0.3, -0.25) is 53.0 Å². The van der Waals surface area contributed by atoms with Crippen molar-refractivity contribution in [3.8, 4) is 0 Å². The van der Waals surface area contributed by atoms with Gasteiger partial charge in [0.2, 0.25) is 11.0 Å². The highest BCUT2D eigenvalue weighted by atomic mass is 32.2. The summed E-state index contributed by atoms with van der Waals surface area (Å²) in [6, 6.07) is 30.1. The summed E-state index contributed by atoms with van der Waals surface area (Å²) >= 11 is 1.11. The number of esters is 2. The zero-order chi connectivity index (χ0) is 56.5. The molecule has 2 unspecified atom stereocenters. The highest BCUT2D eigenvalue weighted by Crippen LogP contribution is 2.28. The average Bonchev–Trinajstić information content (AvgIpc) is 3.77. The Morgan fingerprint density at radius 3 is 1.42 bits per heavy atom. The highest BCUT2D eigenvalue weighted by molar-refractivity contribution is 8.13. The van der Waals surface area contributed by atoms with Crippen LogP contribution in [0.1, 0.15) is 135 Å². The van der Waals surface area contributed by atoms with E-state index < -0.39 is 53.0 Å². The van der Waals surface area contributed by atoms with Crippen molar-refractivity contribution >= 4 is 64.1 Å². The Bertz CT molecular complexity index is 2610. The first-order valence-corrected chi connectivity index (χ1v) is 26.6. The van der Waals surface area contributed by atoms with E-state index in [9.17, 15) is 43.2 Å². The van der Waals surface area contributed by atoms with Crippen LogP contribution in [0.2, 0.25) is 0 Å². The van der Waals surface area contributed by atoms with Gasteiger partial charge in [-0.1, -0.05) is 131 Å². The van der Waals surface area contributed by atoms with Crippen LogP contribution < -0.4 is 16.4 Å². The predicted molar refractivity (Wildman–Crippen MR) is 293 cm³/mol. The van der Waals surface area contributed by atoms with Crippen LogP contribution in [-0.4, -0.2) is 117 Å².